The number of hydrogen-bond acceptors (Lipinski definition) is 5. The molecule has 0 N–H and O–H groups in total. The predicted octanol–water partition coefficient (Wildman–Crippen LogP) is 3.08. The molecule has 2 aromatic rings. The normalized spacial score (nSPS) is 9.79. The highest BCUT2D eigenvalue weighted by Crippen LogP contribution is 2.15. The van der Waals surface area contributed by atoms with E-state index in [-0.39, 0.29) is 12.6 Å². The highest BCUT2D eigenvalue weighted by atomic mass is 16.5. The highest BCUT2D eigenvalue weighted by molar-refractivity contribution is 5.89. The molecule has 5 nitrogen and oxygen atoms in total. The summed E-state index contributed by atoms with van der Waals surface area (Å²) < 4.78 is 5.29. The molecule has 2 rings (SSSR count). The van der Waals surface area contributed by atoms with Gasteiger partial charge in [-0.15, -0.1) is 0 Å². The molecule has 0 atom stereocenters. The maximum atomic E-state index is 11.9. The van der Waals surface area contributed by atoms with Crippen molar-refractivity contribution < 1.29 is 14.3 Å². The summed E-state index contributed by atoms with van der Waals surface area (Å²) in [5, 5.41) is 8.80. The third kappa shape index (κ3) is 4.96. The van der Waals surface area contributed by atoms with Crippen molar-refractivity contribution in [2.45, 2.75) is 6.42 Å². The lowest BCUT2D eigenvalue weighted by Crippen LogP contribution is -2.29. The third-order valence-corrected chi connectivity index (χ3v) is 3.49. The van der Waals surface area contributed by atoms with E-state index in [1.165, 1.54) is 0 Å². The molecule has 0 heterocycles. The van der Waals surface area contributed by atoms with Crippen LogP contribution in [0.2, 0.25) is 0 Å². The lowest BCUT2D eigenvalue weighted by Gasteiger charge is -2.23. The standard InChI is InChI=1S/C19H18N2O3/c20-11-4-12-21(18-9-7-16(15-22)8-10-18)13-14-24-19(23)17-5-2-1-3-6-17/h1-3,5-10,15H,4,12-14H2. The number of aldehydes is 1. The molecule has 0 unspecified atom stereocenters. The summed E-state index contributed by atoms with van der Waals surface area (Å²) in [5.41, 5.74) is 1.98. The highest BCUT2D eigenvalue weighted by Gasteiger charge is 2.10. The van der Waals surface area contributed by atoms with Gasteiger partial charge >= 0.3 is 5.97 Å². The zero-order valence-corrected chi connectivity index (χ0v) is 13.2. The van der Waals surface area contributed by atoms with Crippen molar-refractivity contribution in [3.05, 3.63) is 65.7 Å². The molecule has 5 heteroatoms. The molecular formula is C19H18N2O3. The summed E-state index contributed by atoms with van der Waals surface area (Å²) in [6, 6.07) is 18.0. The van der Waals surface area contributed by atoms with Gasteiger partial charge in [-0.25, -0.2) is 4.79 Å². The van der Waals surface area contributed by atoms with Gasteiger partial charge in [-0.2, -0.15) is 5.26 Å². The Hall–Kier alpha value is -3.13. The summed E-state index contributed by atoms with van der Waals surface area (Å²) in [6.45, 7) is 1.22. The SMILES string of the molecule is N#CCCN(CCOC(=O)c1ccccc1)c1ccc(C=O)cc1. The van der Waals surface area contributed by atoms with E-state index in [4.69, 9.17) is 10.00 Å². The number of rotatable bonds is 8. The fraction of sp³-hybridized carbons (Fsp3) is 0.211. The second-order valence-corrected chi connectivity index (χ2v) is 5.11. The maximum Gasteiger partial charge on any atom is 0.338 e. The van der Waals surface area contributed by atoms with Crippen molar-refractivity contribution in [1.29, 1.82) is 5.26 Å². The molecule has 0 fully saturated rings. The van der Waals surface area contributed by atoms with Crippen LogP contribution in [0.25, 0.3) is 0 Å². The predicted molar refractivity (Wildman–Crippen MR) is 91.0 cm³/mol. The van der Waals surface area contributed by atoms with Crippen LogP contribution in [0.3, 0.4) is 0 Å². The molecule has 0 bridgehead atoms. The molecule has 24 heavy (non-hydrogen) atoms. The number of nitriles is 1. The van der Waals surface area contributed by atoms with Gasteiger partial charge in [-0.3, -0.25) is 4.79 Å². The number of carbonyl (C=O) groups is 2. The van der Waals surface area contributed by atoms with E-state index < -0.39 is 0 Å². The van der Waals surface area contributed by atoms with Crippen molar-refractivity contribution >= 4 is 17.9 Å². The second kappa shape index (κ2) is 9.11. The largest absolute Gasteiger partial charge is 0.460 e. The maximum absolute atomic E-state index is 11.9. The van der Waals surface area contributed by atoms with Crippen LogP contribution in [-0.4, -0.2) is 32.0 Å². The van der Waals surface area contributed by atoms with E-state index in [2.05, 4.69) is 6.07 Å². The minimum atomic E-state index is -0.368. The minimum absolute atomic E-state index is 0.217. The van der Waals surface area contributed by atoms with Crippen molar-refractivity contribution in [2.75, 3.05) is 24.6 Å². The molecule has 0 aromatic heterocycles. The Morgan fingerprint density at radius 3 is 2.42 bits per heavy atom. The Labute approximate surface area is 141 Å². The molecule has 0 radical (unpaired) electrons. The minimum Gasteiger partial charge on any atom is -0.460 e. The van der Waals surface area contributed by atoms with Gasteiger partial charge in [-0.05, 0) is 36.4 Å². The molecule has 0 spiro atoms. The monoisotopic (exact) mass is 322 g/mol. The Bertz CT molecular complexity index is 706. The lowest BCUT2D eigenvalue weighted by atomic mass is 10.2. The van der Waals surface area contributed by atoms with Gasteiger partial charge in [0.15, 0.2) is 0 Å². The second-order valence-electron chi connectivity index (χ2n) is 5.11. The summed E-state index contributed by atoms with van der Waals surface area (Å²) in [7, 11) is 0. The Morgan fingerprint density at radius 1 is 1.08 bits per heavy atom. The first-order chi connectivity index (χ1) is 11.7. The van der Waals surface area contributed by atoms with Crippen LogP contribution in [0.15, 0.2) is 54.6 Å². The van der Waals surface area contributed by atoms with Crippen LogP contribution >= 0.6 is 0 Å². The van der Waals surface area contributed by atoms with Gasteiger partial charge in [0.1, 0.15) is 12.9 Å². The Morgan fingerprint density at radius 2 is 1.79 bits per heavy atom. The number of anilines is 1. The summed E-state index contributed by atoms with van der Waals surface area (Å²) >= 11 is 0. The van der Waals surface area contributed by atoms with Crippen LogP contribution in [0, 0.1) is 11.3 Å². The summed E-state index contributed by atoms with van der Waals surface area (Å²) in [6.07, 6.45) is 1.15. The Balaban J connectivity index is 1.94. The van der Waals surface area contributed by atoms with E-state index in [0.717, 1.165) is 12.0 Å². The number of esters is 1. The molecular weight excluding hydrogens is 304 g/mol. The Kier molecular flexibility index (Phi) is 6.54. The number of benzene rings is 2. The van der Waals surface area contributed by atoms with E-state index >= 15 is 0 Å². The molecule has 0 saturated carbocycles. The first kappa shape index (κ1) is 17.2. The molecule has 0 aliphatic rings. The fourth-order valence-electron chi connectivity index (χ4n) is 2.22. The average Bonchev–Trinajstić information content (AvgIpc) is 2.65. The van der Waals surface area contributed by atoms with Crippen LogP contribution in [0.4, 0.5) is 5.69 Å². The molecule has 0 aliphatic carbocycles. The quantitative estimate of drug-likeness (QED) is 0.552. The van der Waals surface area contributed by atoms with Crippen LogP contribution < -0.4 is 4.90 Å². The summed E-state index contributed by atoms with van der Waals surface area (Å²) in [4.78, 5) is 24.6. The molecule has 0 saturated heterocycles. The van der Waals surface area contributed by atoms with E-state index in [1.54, 1.807) is 36.4 Å². The van der Waals surface area contributed by atoms with Crippen molar-refractivity contribution in [1.82, 2.24) is 0 Å². The first-order valence-corrected chi connectivity index (χ1v) is 7.64. The van der Waals surface area contributed by atoms with Crippen molar-refractivity contribution in [3.63, 3.8) is 0 Å². The zero-order chi connectivity index (χ0) is 17.2. The molecule has 0 aliphatic heterocycles. The first-order valence-electron chi connectivity index (χ1n) is 7.64. The summed E-state index contributed by atoms with van der Waals surface area (Å²) in [5.74, 6) is -0.368. The number of ether oxygens (including phenoxy) is 1. The number of nitrogens with zero attached hydrogens (tertiary/aromatic N) is 2. The number of hydrogen-bond donors (Lipinski definition) is 0. The van der Waals surface area contributed by atoms with Crippen LogP contribution in [-0.2, 0) is 4.74 Å². The topological polar surface area (TPSA) is 70.4 Å². The van der Waals surface area contributed by atoms with Gasteiger partial charge < -0.3 is 9.64 Å². The van der Waals surface area contributed by atoms with E-state index in [9.17, 15) is 9.59 Å². The zero-order valence-electron chi connectivity index (χ0n) is 13.2. The van der Waals surface area contributed by atoms with Gasteiger partial charge in [0.2, 0.25) is 0 Å². The van der Waals surface area contributed by atoms with Crippen molar-refractivity contribution in [2.24, 2.45) is 0 Å². The molecule has 122 valence electrons. The van der Waals surface area contributed by atoms with Gasteiger partial charge in [0.05, 0.1) is 24.6 Å². The van der Waals surface area contributed by atoms with E-state index in [0.29, 0.717) is 30.6 Å². The molecule has 2 aromatic carbocycles. The van der Waals surface area contributed by atoms with Crippen LogP contribution in [0.5, 0.6) is 0 Å². The number of carbonyl (C=O) groups excluding carboxylic acids is 2. The van der Waals surface area contributed by atoms with Crippen molar-refractivity contribution in [3.8, 4) is 6.07 Å². The van der Waals surface area contributed by atoms with Gasteiger partial charge in [0.25, 0.3) is 0 Å². The third-order valence-electron chi connectivity index (χ3n) is 3.49. The van der Waals surface area contributed by atoms with Gasteiger partial charge in [-0.1, -0.05) is 18.2 Å². The van der Waals surface area contributed by atoms with E-state index in [1.807, 2.05) is 23.1 Å². The van der Waals surface area contributed by atoms with Crippen LogP contribution in [0.1, 0.15) is 27.1 Å². The lowest BCUT2D eigenvalue weighted by molar-refractivity contribution is 0.0515. The fourth-order valence-corrected chi connectivity index (χ4v) is 2.22. The van der Waals surface area contributed by atoms with Gasteiger partial charge in [0, 0.05) is 17.8 Å². The smallest absolute Gasteiger partial charge is 0.338 e. The average molecular weight is 322 g/mol. The molecule has 0 amide bonds.